The zero-order valence-electron chi connectivity index (χ0n) is 14.7. The molecule has 0 spiro atoms. The van der Waals surface area contributed by atoms with E-state index in [1.54, 1.807) is 6.26 Å². The lowest BCUT2D eigenvalue weighted by Crippen LogP contribution is -2.25. The van der Waals surface area contributed by atoms with Crippen LogP contribution in [-0.2, 0) is 6.54 Å². The van der Waals surface area contributed by atoms with E-state index in [9.17, 15) is 4.79 Å². The molecule has 0 radical (unpaired) electrons. The lowest BCUT2D eigenvalue weighted by Gasteiger charge is -2.24. The van der Waals surface area contributed by atoms with Crippen LogP contribution >= 0.6 is 11.3 Å². The molecule has 136 valence electrons. The summed E-state index contributed by atoms with van der Waals surface area (Å²) in [6, 6.07) is 14.6. The number of fused-ring (bicyclic) bond motifs is 1. The van der Waals surface area contributed by atoms with Crippen LogP contribution in [0.2, 0.25) is 0 Å². The molecule has 6 heteroatoms. The first-order chi connectivity index (χ1) is 13.3. The van der Waals surface area contributed by atoms with E-state index in [2.05, 4.69) is 34.1 Å². The Balaban J connectivity index is 1.47. The summed E-state index contributed by atoms with van der Waals surface area (Å²) < 4.78 is 5.46. The van der Waals surface area contributed by atoms with E-state index in [4.69, 9.17) is 9.40 Å². The first kappa shape index (κ1) is 16.5. The maximum Gasteiger partial charge on any atom is 0.260 e. The monoisotopic (exact) mass is 377 g/mol. The third-order valence-electron chi connectivity index (χ3n) is 5.18. The van der Waals surface area contributed by atoms with Crippen molar-refractivity contribution in [3.05, 3.63) is 75.8 Å². The number of thiophene rings is 1. The normalized spacial score (nSPS) is 17.7. The number of H-pyrrole nitrogens is 1. The van der Waals surface area contributed by atoms with Gasteiger partial charge in [0, 0.05) is 17.0 Å². The summed E-state index contributed by atoms with van der Waals surface area (Å²) >= 11 is 1.49. The van der Waals surface area contributed by atoms with Crippen molar-refractivity contribution >= 4 is 21.6 Å². The van der Waals surface area contributed by atoms with Gasteiger partial charge in [0.1, 0.15) is 16.4 Å². The SMILES string of the molecule is O=c1[nH]c(CN2CCCC2c2ccccc2)nc2scc(-c3ccco3)c12. The number of benzene rings is 1. The first-order valence-electron chi connectivity index (χ1n) is 9.13. The molecule has 4 heterocycles. The number of furan rings is 1. The van der Waals surface area contributed by atoms with Crippen LogP contribution in [0.5, 0.6) is 0 Å². The van der Waals surface area contributed by atoms with Crippen LogP contribution in [0.3, 0.4) is 0 Å². The Kier molecular flexibility index (Phi) is 4.14. The Morgan fingerprint density at radius 2 is 2.11 bits per heavy atom. The molecule has 1 atom stereocenters. The van der Waals surface area contributed by atoms with Crippen LogP contribution in [0.15, 0.2) is 63.3 Å². The molecular formula is C21H19N3O2S. The predicted octanol–water partition coefficient (Wildman–Crippen LogP) is 4.58. The van der Waals surface area contributed by atoms with E-state index in [1.807, 2.05) is 23.6 Å². The molecule has 1 N–H and O–H groups in total. The van der Waals surface area contributed by atoms with Crippen molar-refractivity contribution in [2.24, 2.45) is 0 Å². The second-order valence-corrected chi connectivity index (χ2v) is 7.72. The fourth-order valence-corrected chi connectivity index (χ4v) is 4.89. The Bertz CT molecular complexity index is 1120. The average molecular weight is 377 g/mol. The minimum absolute atomic E-state index is 0.0990. The van der Waals surface area contributed by atoms with Crippen LogP contribution in [0.4, 0.5) is 0 Å². The number of nitrogens with zero attached hydrogens (tertiary/aromatic N) is 2. The van der Waals surface area contributed by atoms with Crippen LogP contribution in [0.25, 0.3) is 21.5 Å². The molecule has 1 aliphatic rings. The number of likely N-dealkylation sites (tertiary alicyclic amines) is 1. The molecule has 4 aromatic rings. The van der Waals surface area contributed by atoms with E-state index in [1.165, 1.54) is 16.9 Å². The van der Waals surface area contributed by atoms with Gasteiger partial charge in [-0.05, 0) is 37.1 Å². The molecule has 5 nitrogen and oxygen atoms in total. The molecule has 1 aliphatic heterocycles. The van der Waals surface area contributed by atoms with Crippen molar-refractivity contribution in [2.75, 3.05) is 6.54 Å². The Morgan fingerprint density at radius 3 is 2.93 bits per heavy atom. The number of rotatable bonds is 4. The zero-order valence-corrected chi connectivity index (χ0v) is 15.5. The highest BCUT2D eigenvalue weighted by Crippen LogP contribution is 2.34. The fourth-order valence-electron chi connectivity index (χ4n) is 3.94. The van der Waals surface area contributed by atoms with Crippen molar-refractivity contribution in [3.63, 3.8) is 0 Å². The summed E-state index contributed by atoms with van der Waals surface area (Å²) in [6.07, 6.45) is 3.91. The van der Waals surface area contributed by atoms with Crippen LogP contribution in [-0.4, -0.2) is 21.4 Å². The molecule has 5 rings (SSSR count). The summed E-state index contributed by atoms with van der Waals surface area (Å²) in [6.45, 7) is 1.67. The van der Waals surface area contributed by atoms with Gasteiger partial charge in [-0.15, -0.1) is 11.3 Å². The highest BCUT2D eigenvalue weighted by Gasteiger charge is 2.26. The van der Waals surface area contributed by atoms with Gasteiger partial charge in [0.15, 0.2) is 0 Å². The van der Waals surface area contributed by atoms with Crippen molar-refractivity contribution < 1.29 is 4.42 Å². The molecule has 1 unspecified atom stereocenters. The summed E-state index contributed by atoms with van der Waals surface area (Å²) in [5.74, 6) is 1.42. The van der Waals surface area contributed by atoms with Crippen molar-refractivity contribution in [2.45, 2.75) is 25.4 Å². The maximum atomic E-state index is 12.8. The van der Waals surface area contributed by atoms with Gasteiger partial charge in [-0.1, -0.05) is 30.3 Å². The molecule has 0 amide bonds. The summed E-state index contributed by atoms with van der Waals surface area (Å²) in [5, 5.41) is 2.55. The van der Waals surface area contributed by atoms with Gasteiger partial charge in [0.25, 0.3) is 5.56 Å². The highest BCUT2D eigenvalue weighted by molar-refractivity contribution is 7.17. The minimum atomic E-state index is -0.0990. The van der Waals surface area contributed by atoms with Crippen molar-refractivity contribution in [1.29, 1.82) is 0 Å². The zero-order chi connectivity index (χ0) is 18.2. The van der Waals surface area contributed by atoms with Gasteiger partial charge in [-0.2, -0.15) is 0 Å². The lowest BCUT2D eigenvalue weighted by atomic mass is 10.0. The van der Waals surface area contributed by atoms with E-state index in [0.29, 0.717) is 23.7 Å². The van der Waals surface area contributed by atoms with E-state index >= 15 is 0 Å². The fraction of sp³-hybridized carbons (Fsp3) is 0.238. The van der Waals surface area contributed by atoms with E-state index in [-0.39, 0.29) is 5.56 Å². The van der Waals surface area contributed by atoms with Gasteiger partial charge < -0.3 is 9.40 Å². The second-order valence-electron chi connectivity index (χ2n) is 6.86. The number of hydrogen-bond donors (Lipinski definition) is 1. The second kappa shape index (κ2) is 6.79. The van der Waals surface area contributed by atoms with Crippen LogP contribution < -0.4 is 5.56 Å². The first-order valence-corrected chi connectivity index (χ1v) is 10.0. The molecule has 0 aliphatic carbocycles. The molecule has 1 saturated heterocycles. The smallest absolute Gasteiger partial charge is 0.260 e. The number of hydrogen-bond acceptors (Lipinski definition) is 5. The molecule has 27 heavy (non-hydrogen) atoms. The number of aromatic amines is 1. The molecule has 1 aromatic carbocycles. The topological polar surface area (TPSA) is 62.1 Å². The molecule has 1 fully saturated rings. The molecular weight excluding hydrogens is 358 g/mol. The predicted molar refractivity (Wildman–Crippen MR) is 107 cm³/mol. The molecule has 0 saturated carbocycles. The third kappa shape index (κ3) is 3.01. The Hall–Kier alpha value is -2.70. The summed E-state index contributed by atoms with van der Waals surface area (Å²) in [4.78, 5) is 23.6. The van der Waals surface area contributed by atoms with Gasteiger partial charge in [-0.25, -0.2) is 4.98 Å². The molecule has 3 aromatic heterocycles. The van der Waals surface area contributed by atoms with Gasteiger partial charge >= 0.3 is 0 Å². The third-order valence-corrected chi connectivity index (χ3v) is 6.05. The highest BCUT2D eigenvalue weighted by atomic mass is 32.1. The Labute approximate surface area is 160 Å². The number of aromatic nitrogens is 2. The Morgan fingerprint density at radius 1 is 1.22 bits per heavy atom. The van der Waals surface area contributed by atoms with Gasteiger partial charge in [0.2, 0.25) is 0 Å². The summed E-state index contributed by atoms with van der Waals surface area (Å²) in [7, 11) is 0. The lowest BCUT2D eigenvalue weighted by molar-refractivity contribution is 0.242. The van der Waals surface area contributed by atoms with Crippen LogP contribution in [0, 0.1) is 0 Å². The van der Waals surface area contributed by atoms with Crippen molar-refractivity contribution in [1.82, 2.24) is 14.9 Å². The molecule has 0 bridgehead atoms. The van der Waals surface area contributed by atoms with Gasteiger partial charge in [-0.3, -0.25) is 9.69 Å². The van der Waals surface area contributed by atoms with Gasteiger partial charge in [0.05, 0.1) is 18.2 Å². The quantitative estimate of drug-likeness (QED) is 0.565. The standard InChI is InChI=1S/C21H19N3O2S/c25-20-19-15(17-9-5-11-26-17)13-27-21(19)23-18(22-20)12-24-10-4-8-16(24)14-6-2-1-3-7-14/h1-3,5-7,9,11,13,16H,4,8,10,12H2,(H,22,23,25). The summed E-state index contributed by atoms with van der Waals surface area (Å²) in [5.41, 5.74) is 2.04. The van der Waals surface area contributed by atoms with E-state index in [0.717, 1.165) is 35.6 Å². The minimum Gasteiger partial charge on any atom is -0.464 e. The number of nitrogens with one attached hydrogen (secondary N) is 1. The van der Waals surface area contributed by atoms with Crippen LogP contribution in [0.1, 0.15) is 30.3 Å². The maximum absolute atomic E-state index is 12.8. The average Bonchev–Trinajstić information content (AvgIpc) is 3.43. The largest absolute Gasteiger partial charge is 0.464 e. The van der Waals surface area contributed by atoms with Crippen molar-refractivity contribution in [3.8, 4) is 11.3 Å². The van der Waals surface area contributed by atoms with E-state index < -0.39 is 0 Å².